The third kappa shape index (κ3) is 5.60. The molecule has 1 amide bonds. The van der Waals surface area contributed by atoms with Gasteiger partial charge in [0.2, 0.25) is 0 Å². The zero-order valence-electron chi connectivity index (χ0n) is 17.8. The number of carbonyl (C=O) groups excluding carboxylic acids is 2. The number of para-hydroxylation sites is 3. The second-order valence-electron chi connectivity index (χ2n) is 6.75. The molecule has 0 atom stereocenters. The smallest absolute Gasteiger partial charge is 0.331 e. The number of aromatic nitrogens is 2. The molecule has 0 saturated heterocycles. The van der Waals surface area contributed by atoms with Crippen LogP contribution in [0.3, 0.4) is 0 Å². The van der Waals surface area contributed by atoms with Crippen molar-refractivity contribution in [2.45, 2.75) is 20.8 Å². The van der Waals surface area contributed by atoms with Crippen molar-refractivity contribution in [3.63, 3.8) is 0 Å². The topological polar surface area (TPSA) is 82.4 Å². The Morgan fingerprint density at radius 1 is 1.06 bits per heavy atom. The highest BCUT2D eigenvalue weighted by Gasteiger charge is 2.12. The molecule has 0 bridgehead atoms. The van der Waals surface area contributed by atoms with Gasteiger partial charge in [-0.05, 0) is 51.1 Å². The molecule has 1 N–H and O–H groups in total. The van der Waals surface area contributed by atoms with Crippen LogP contribution in [0.15, 0.2) is 60.7 Å². The Morgan fingerprint density at radius 3 is 2.52 bits per heavy atom. The molecule has 0 saturated carbocycles. The number of aryl methyl sites for hydroxylation is 1. The predicted molar refractivity (Wildman–Crippen MR) is 119 cm³/mol. The van der Waals surface area contributed by atoms with Crippen LogP contribution in [0.1, 0.15) is 23.9 Å². The van der Waals surface area contributed by atoms with Crippen LogP contribution in [0.25, 0.3) is 11.8 Å². The number of anilines is 1. The van der Waals surface area contributed by atoms with E-state index in [2.05, 4.69) is 10.4 Å². The number of amides is 1. The lowest BCUT2D eigenvalue weighted by Crippen LogP contribution is -2.20. The van der Waals surface area contributed by atoms with Crippen LogP contribution in [0.4, 0.5) is 5.69 Å². The number of benzene rings is 2. The molecule has 0 fully saturated rings. The zero-order valence-corrected chi connectivity index (χ0v) is 17.8. The van der Waals surface area contributed by atoms with Gasteiger partial charge in [-0.15, -0.1) is 0 Å². The van der Waals surface area contributed by atoms with E-state index >= 15 is 0 Å². The third-order valence-corrected chi connectivity index (χ3v) is 4.54. The van der Waals surface area contributed by atoms with Crippen molar-refractivity contribution < 1.29 is 19.1 Å². The summed E-state index contributed by atoms with van der Waals surface area (Å²) < 4.78 is 12.4. The third-order valence-electron chi connectivity index (χ3n) is 4.54. The van der Waals surface area contributed by atoms with Crippen molar-refractivity contribution in [3.8, 4) is 11.4 Å². The van der Waals surface area contributed by atoms with E-state index in [0.717, 1.165) is 22.6 Å². The average molecular weight is 419 g/mol. The Morgan fingerprint density at radius 2 is 1.77 bits per heavy atom. The molecule has 0 unspecified atom stereocenters. The van der Waals surface area contributed by atoms with Crippen LogP contribution in [0.2, 0.25) is 0 Å². The lowest BCUT2D eigenvalue weighted by molar-refractivity contribution is -0.142. The number of esters is 1. The largest absolute Gasteiger partial charge is 0.492 e. The molecule has 3 rings (SSSR count). The van der Waals surface area contributed by atoms with Gasteiger partial charge in [0.15, 0.2) is 6.61 Å². The molecular formula is C24H25N3O4. The van der Waals surface area contributed by atoms with E-state index in [9.17, 15) is 9.59 Å². The molecule has 3 aromatic rings. The molecule has 0 radical (unpaired) electrons. The maximum Gasteiger partial charge on any atom is 0.331 e. The second kappa shape index (κ2) is 10.2. The van der Waals surface area contributed by atoms with Gasteiger partial charge in [0.1, 0.15) is 5.75 Å². The highest BCUT2D eigenvalue weighted by molar-refractivity contribution is 5.95. The quantitative estimate of drug-likeness (QED) is 0.439. The van der Waals surface area contributed by atoms with Gasteiger partial charge in [-0.1, -0.05) is 30.3 Å². The van der Waals surface area contributed by atoms with Crippen molar-refractivity contribution in [1.82, 2.24) is 9.78 Å². The number of nitrogens with zero attached hydrogens (tertiary/aromatic N) is 2. The number of nitrogens with one attached hydrogen (secondary N) is 1. The standard InChI is InChI=1S/C24H25N3O4/c1-4-30-22-13-9-8-12-21(22)25-23(28)16-31-24(29)15-14-20-17(2)26-27(18(20)3)19-10-6-5-7-11-19/h5-15H,4,16H2,1-3H3,(H,25,28)/b15-14+. The van der Waals surface area contributed by atoms with Gasteiger partial charge in [-0.2, -0.15) is 5.10 Å². The van der Waals surface area contributed by atoms with Gasteiger partial charge in [-0.25, -0.2) is 9.48 Å². The normalized spacial score (nSPS) is 10.8. The summed E-state index contributed by atoms with van der Waals surface area (Å²) in [7, 11) is 0. The summed E-state index contributed by atoms with van der Waals surface area (Å²) in [5.41, 5.74) is 3.99. The first kappa shape index (κ1) is 21.8. The lowest BCUT2D eigenvalue weighted by atomic mass is 10.2. The van der Waals surface area contributed by atoms with Gasteiger partial charge >= 0.3 is 5.97 Å². The first-order valence-corrected chi connectivity index (χ1v) is 9.97. The summed E-state index contributed by atoms with van der Waals surface area (Å²) in [6.07, 6.45) is 2.95. The lowest BCUT2D eigenvalue weighted by Gasteiger charge is -2.11. The van der Waals surface area contributed by atoms with Crippen LogP contribution < -0.4 is 10.1 Å². The molecule has 31 heavy (non-hydrogen) atoms. The predicted octanol–water partition coefficient (Wildman–Crippen LogP) is 4.08. The summed E-state index contributed by atoms with van der Waals surface area (Å²) in [6.45, 7) is 5.75. The molecule has 2 aromatic carbocycles. The van der Waals surface area contributed by atoms with Crippen molar-refractivity contribution in [1.29, 1.82) is 0 Å². The minimum absolute atomic E-state index is 0.398. The number of hydrogen-bond acceptors (Lipinski definition) is 5. The van der Waals surface area contributed by atoms with Crippen LogP contribution in [0.5, 0.6) is 5.75 Å². The number of ether oxygens (including phenoxy) is 2. The number of hydrogen-bond donors (Lipinski definition) is 1. The Labute approximate surface area is 181 Å². The first-order chi connectivity index (χ1) is 15.0. The summed E-state index contributed by atoms with van der Waals surface area (Å²) in [5, 5.41) is 7.23. The Bertz CT molecular complexity index is 1090. The van der Waals surface area contributed by atoms with Gasteiger partial charge in [-0.3, -0.25) is 4.79 Å². The van der Waals surface area contributed by atoms with Gasteiger partial charge in [0.05, 0.1) is 23.7 Å². The number of carbonyl (C=O) groups is 2. The summed E-state index contributed by atoms with van der Waals surface area (Å²) in [6, 6.07) is 16.8. The van der Waals surface area contributed by atoms with Gasteiger partial charge in [0.25, 0.3) is 5.91 Å². The van der Waals surface area contributed by atoms with Crippen molar-refractivity contribution in [2.75, 3.05) is 18.5 Å². The van der Waals surface area contributed by atoms with Gasteiger partial charge in [0, 0.05) is 17.3 Å². The molecule has 7 nitrogen and oxygen atoms in total. The minimum atomic E-state index is -0.612. The van der Waals surface area contributed by atoms with E-state index in [1.54, 1.807) is 24.3 Å². The van der Waals surface area contributed by atoms with Crippen molar-refractivity contribution in [3.05, 3.63) is 77.6 Å². The molecule has 7 heteroatoms. The monoisotopic (exact) mass is 419 g/mol. The van der Waals surface area contributed by atoms with E-state index in [-0.39, 0.29) is 0 Å². The maximum absolute atomic E-state index is 12.1. The van der Waals surface area contributed by atoms with E-state index in [1.165, 1.54) is 6.08 Å². The zero-order chi connectivity index (χ0) is 22.2. The van der Waals surface area contributed by atoms with Crippen LogP contribution in [-0.2, 0) is 14.3 Å². The molecule has 1 aromatic heterocycles. The first-order valence-electron chi connectivity index (χ1n) is 9.97. The summed E-state index contributed by atoms with van der Waals surface area (Å²) in [5.74, 6) is -0.497. The Kier molecular flexibility index (Phi) is 7.22. The average Bonchev–Trinajstić information content (AvgIpc) is 3.06. The van der Waals surface area contributed by atoms with E-state index in [1.807, 2.05) is 61.9 Å². The SMILES string of the molecule is CCOc1ccccc1NC(=O)COC(=O)/C=C/c1c(C)nn(-c2ccccc2)c1C. The van der Waals surface area contributed by atoms with Crippen LogP contribution in [0, 0.1) is 13.8 Å². The van der Waals surface area contributed by atoms with E-state index in [0.29, 0.717) is 18.0 Å². The van der Waals surface area contributed by atoms with Crippen molar-refractivity contribution in [2.24, 2.45) is 0 Å². The highest BCUT2D eigenvalue weighted by atomic mass is 16.5. The fraction of sp³-hybridized carbons (Fsp3) is 0.208. The van der Waals surface area contributed by atoms with Gasteiger partial charge < -0.3 is 14.8 Å². The second-order valence-corrected chi connectivity index (χ2v) is 6.75. The summed E-state index contributed by atoms with van der Waals surface area (Å²) >= 11 is 0. The maximum atomic E-state index is 12.1. The summed E-state index contributed by atoms with van der Waals surface area (Å²) in [4.78, 5) is 24.2. The highest BCUT2D eigenvalue weighted by Crippen LogP contribution is 2.23. The molecule has 0 spiro atoms. The van der Waals surface area contributed by atoms with E-state index < -0.39 is 18.5 Å². The van der Waals surface area contributed by atoms with Crippen LogP contribution >= 0.6 is 0 Å². The molecule has 0 aliphatic rings. The molecule has 0 aliphatic heterocycles. The Hall–Kier alpha value is -3.87. The molecule has 0 aliphatic carbocycles. The Balaban J connectivity index is 1.59. The molecule has 1 heterocycles. The number of rotatable bonds is 8. The fourth-order valence-electron chi connectivity index (χ4n) is 3.09. The minimum Gasteiger partial charge on any atom is -0.492 e. The van der Waals surface area contributed by atoms with E-state index in [4.69, 9.17) is 9.47 Å². The fourth-order valence-corrected chi connectivity index (χ4v) is 3.09. The van der Waals surface area contributed by atoms with Crippen LogP contribution in [-0.4, -0.2) is 34.9 Å². The van der Waals surface area contributed by atoms with Crippen molar-refractivity contribution >= 4 is 23.6 Å². The molecular weight excluding hydrogens is 394 g/mol. The molecule has 160 valence electrons.